The van der Waals surface area contributed by atoms with Gasteiger partial charge in [0.1, 0.15) is 17.6 Å². The van der Waals surface area contributed by atoms with Crippen molar-refractivity contribution in [3.63, 3.8) is 0 Å². The average Bonchev–Trinajstić information content (AvgIpc) is 3.05. The van der Waals surface area contributed by atoms with Gasteiger partial charge in [-0.25, -0.2) is 0 Å². The van der Waals surface area contributed by atoms with E-state index in [0.717, 1.165) is 32.1 Å². The highest BCUT2D eigenvalue weighted by atomic mass is 35.5. The molecule has 2 heterocycles. The minimum absolute atomic E-state index is 0.0184. The van der Waals surface area contributed by atoms with Gasteiger partial charge in [0, 0.05) is 17.3 Å². The Balaban J connectivity index is 1.91. The summed E-state index contributed by atoms with van der Waals surface area (Å²) in [6.07, 6.45) is 6.41. The van der Waals surface area contributed by atoms with Gasteiger partial charge in [0.05, 0.1) is 23.9 Å². The molecule has 1 aliphatic heterocycles. The third-order valence-electron chi connectivity index (χ3n) is 5.83. The molecular formula is C23H23ClN2O4. The van der Waals surface area contributed by atoms with Crippen LogP contribution in [0.25, 0.3) is 5.76 Å². The quantitative estimate of drug-likeness (QED) is 0.442. The van der Waals surface area contributed by atoms with E-state index in [0.29, 0.717) is 16.5 Å². The van der Waals surface area contributed by atoms with Gasteiger partial charge in [-0.15, -0.1) is 0 Å². The number of nitrogens with zero attached hydrogens (tertiary/aromatic N) is 2. The molecule has 2 aliphatic rings. The van der Waals surface area contributed by atoms with Crippen LogP contribution in [-0.2, 0) is 9.59 Å². The zero-order chi connectivity index (χ0) is 21.3. The fourth-order valence-corrected chi connectivity index (χ4v) is 4.60. The Bertz CT molecular complexity index is 1000. The number of benzene rings is 1. The molecule has 4 rings (SSSR count). The minimum atomic E-state index is -0.752. The molecule has 2 aromatic rings. The number of carbonyl (C=O) groups is 2. The van der Waals surface area contributed by atoms with Crippen molar-refractivity contribution in [2.75, 3.05) is 7.11 Å². The second kappa shape index (κ2) is 8.48. The van der Waals surface area contributed by atoms with Gasteiger partial charge in [-0.2, -0.15) is 0 Å². The molecule has 0 bridgehead atoms. The van der Waals surface area contributed by atoms with Gasteiger partial charge in [-0.1, -0.05) is 36.9 Å². The van der Waals surface area contributed by atoms with Crippen LogP contribution in [0.4, 0.5) is 0 Å². The highest BCUT2D eigenvalue weighted by Gasteiger charge is 2.49. The van der Waals surface area contributed by atoms with E-state index in [-0.39, 0.29) is 22.9 Å². The number of likely N-dealkylation sites (tertiary alicyclic amines) is 1. The molecule has 2 fully saturated rings. The number of pyridine rings is 1. The van der Waals surface area contributed by atoms with Gasteiger partial charge >= 0.3 is 0 Å². The first kappa shape index (κ1) is 20.4. The predicted octanol–water partition coefficient (Wildman–Crippen LogP) is 4.50. The zero-order valence-corrected chi connectivity index (χ0v) is 17.4. The molecule has 7 heteroatoms. The van der Waals surface area contributed by atoms with E-state index in [1.807, 2.05) is 6.07 Å². The number of rotatable bonds is 4. The molecule has 1 aliphatic carbocycles. The van der Waals surface area contributed by atoms with Crippen LogP contribution in [-0.4, -0.2) is 39.8 Å². The number of aliphatic hydroxyl groups excluding tert-OH is 1. The van der Waals surface area contributed by atoms with Crippen molar-refractivity contribution < 1.29 is 19.4 Å². The number of hydrogen-bond donors (Lipinski definition) is 1. The lowest BCUT2D eigenvalue weighted by Crippen LogP contribution is -2.40. The van der Waals surface area contributed by atoms with Crippen molar-refractivity contribution in [1.82, 2.24) is 9.88 Å². The van der Waals surface area contributed by atoms with Crippen molar-refractivity contribution in [3.05, 3.63) is 64.4 Å². The van der Waals surface area contributed by atoms with Crippen molar-refractivity contribution in [2.24, 2.45) is 0 Å². The lowest BCUT2D eigenvalue weighted by Gasteiger charge is -2.35. The first-order valence-electron chi connectivity index (χ1n) is 10.1. The highest BCUT2D eigenvalue weighted by Crippen LogP contribution is 2.43. The number of carbonyl (C=O) groups excluding carboxylic acids is 2. The van der Waals surface area contributed by atoms with Gasteiger partial charge in [0.15, 0.2) is 0 Å². The monoisotopic (exact) mass is 426 g/mol. The minimum Gasteiger partial charge on any atom is -0.507 e. The first-order valence-corrected chi connectivity index (χ1v) is 10.5. The van der Waals surface area contributed by atoms with E-state index in [2.05, 4.69) is 4.98 Å². The number of ether oxygens (including phenoxy) is 1. The standard InChI is InChI=1S/C23H23ClN2O4/c1-30-18-11-10-14(24)13-16(18)21(27)19-20(17-9-5-6-12-25-17)26(23(29)22(19)28)15-7-3-2-4-8-15/h5-6,9-13,15,20,27H,2-4,7-8H2,1H3/b21-19+. The maximum atomic E-state index is 13.1. The molecule has 1 aromatic heterocycles. The molecule has 156 valence electrons. The number of halogens is 1. The van der Waals surface area contributed by atoms with E-state index >= 15 is 0 Å². The predicted molar refractivity (Wildman–Crippen MR) is 113 cm³/mol. The summed E-state index contributed by atoms with van der Waals surface area (Å²) in [5.74, 6) is -1.25. The van der Waals surface area contributed by atoms with Crippen LogP contribution in [0, 0.1) is 0 Å². The maximum Gasteiger partial charge on any atom is 0.295 e. The normalized spacial score (nSPS) is 21.8. The Morgan fingerprint density at radius 3 is 2.60 bits per heavy atom. The molecule has 1 saturated carbocycles. The number of methoxy groups -OCH3 is 1. The fourth-order valence-electron chi connectivity index (χ4n) is 4.42. The molecule has 1 saturated heterocycles. The Hall–Kier alpha value is -2.86. The van der Waals surface area contributed by atoms with E-state index < -0.39 is 17.7 Å². The molecule has 0 radical (unpaired) electrons. The van der Waals surface area contributed by atoms with Gasteiger partial charge in [-0.3, -0.25) is 14.6 Å². The summed E-state index contributed by atoms with van der Waals surface area (Å²) in [4.78, 5) is 32.3. The molecule has 0 spiro atoms. The van der Waals surface area contributed by atoms with Crippen LogP contribution in [0.15, 0.2) is 48.2 Å². The van der Waals surface area contributed by atoms with Gasteiger partial charge in [0.25, 0.3) is 11.7 Å². The van der Waals surface area contributed by atoms with Crippen LogP contribution >= 0.6 is 11.6 Å². The number of amides is 1. The Labute approximate surface area is 180 Å². The highest BCUT2D eigenvalue weighted by molar-refractivity contribution is 6.46. The van der Waals surface area contributed by atoms with Crippen molar-refractivity contribution >= 4 is 29.1 Å². The molecule has 1 amide bonds. The smallest absolute Gasteiger partial charge is 0.295 e. The Morgan fingerprint density at radius 1 is 1.17 bits per heavy atom. The van der Waals surface area contributed by atoms with Crippen LogP contribution < -0.4 is 4.74 Å². The van der Waals surface area contributed by atoms with Gasteiger partial charge in [-0.05, 0) is 43.2 Å². The molecule has 1 N–H and O–H groups in total. The summed E-state index contributed by atoms with van der Waals surface area (Å²) in [5.41, 5.74) is 0.835. The van der Waals surface area contributed by atoms with E-state index in [4.69, 9.17) is 16.3 Å². The van der Waals surface area contributed by atoms with Crippen LogP contribution in [0.2, 0.25) is 5.02 Å². The van der Waals surface area contributed by atoms with E-state index in [1.165, 1.54) is 13.2 Å². The summed E-state index contributed by atoms with van der Waals surface area (Å²) < 4.78 is 5.35. The largest absolute Gasteiger partial charge is 0.507 e. The topological polar surface area (TPSA) is 79.7 Å². The lowest BCUT2D eigenvalue weighted by atomic mass is 9.92. The molecule has 30 heavy (non-hydrogen) atoms. The van der Waals surface area contributed by atoms with E-state index in [1.54, 1.807) is 35.4 Å². The average molecular weight is 427 g/mol. The van der Waals surface area contributed by atoms with Crippen LogP contribution in [0.3, 0.4) is 0 Å². The molecule has 1 unspecified atom stereocenters. The number of Topliss-reactive ketones (excluding diaryl/α,β-unsaturated/α-hetero) is 1. The third kappa shape index (κ3) is 3.56. The molecular weight excluding hydrogens is 404 g/mol. The van der Waals surface area contributed by atoms with Gasteiger partial charge < -0.3 is 14.7 Å². The van der Waals surface area contributed by atoms with Crippen LogP contribution in [0.5, 0.6) is 5.75 Å². The van der Waals surface area contributed by atoms with Crippen molar-refractivity contribution in [2.45, 2.75) is 44.2 Å². The maximum absolute atomic E-state index is 13.1. The third-order valence-corrected chi connectivity index (χ3v) is 6.07. The van der Waals surface area contributed by atoms with Crippen molar-refractivity contribution in [3.8, 4) is 5.75 Å². The first-order chi connectivity index (χ1) is 14.5. The Morgan fingerprint density at radius 2 is 1.93 bits per heavy atom. The Kier molecular flexibility index (Phi) is 5.77. The number of ketones is 1. The zero-order valence-electron chi connectivity index (χ0n) is 16.7. The number of hydrogen-bond acceptors (Lipinski definition) is 5. The summed E-state index contributed by atoms with van der Waals surface area (Å²) in [5, 5.41) is 11.6. The summed E-state index contributed by atoms with van der Waals surface area (Å²) in [6.45, 7) is 0. The molecule has 1 atom stereocenters. The van der Waals surface area contributed by atoms with Gasteiger partial charge in [0.2, 0.25) is 0 Å². The summed E-state index contributed by atoms with van der Waals surface area (Å²) in [6, 6.07) is 9.32. The molecule has 1 aromatic carbocycles. The lowest BCUT2D eigenvalue weighted by molar-refractivity contribution is -0.141. The molecule has 6 nitrogen and oxygen atoms in total. The van der Waals surface area contributed by atoms with Crippen LogP contribution in [0.1, 0.15) is 49.4 Å². The fraction of sp³-hybridized carbons (Fsp3) is 0.348. The number of aliphatic hydroxyl groups is 1. The van der Waals surface area contributed by atoms with E-state index in [9.17, 15) is 14.7 Å². The SMILES string of the molecule is COc1ccc(Cl)cc1/C(O)=C1\C(=O)C(=O)N(C2CCCCC2)C1c1ccccn1. The number of aromatic nitrogens is 1. The summed E-state index contributed by atoms with van der Waals surface area (Å²) in [7, 11) is 1.47. The second-order valence-electron chi connectivity index (χ2n) is 7.60. The van der Waals surface area contributed by atoms with Crippen molar-refractivity contribution in [1.29, 1.82) is 0 Å². The second-order valence-corrected chi connectivity index (χ2v) is 8.03. The summed E-state index contributed by atoms with van der Waals surface area (Å²) >= 11 is 6.13.